The van der Waals surface area contributed by atoms with Gasteiger partial charge in [-0.15, -0.1) is 0 Å². The zero-order chi connectivity index (χ0) is 21.9. The van der Waals surface area contributed by atoms with Crippen LogP contribution in [0.2, 0.25) is 0 Å². The van der Waals surface area contributed by atoms with Crippen molar-refractivity contribution in [2.45, 2.75) is 65.2 Å². The Morgan fingerprint density at radius 3 is 2.13 bits per heavy atom. The zero-order valence-electron chi connectivity index (χ0n) is 19.7. The first kappa shape index (κ1) is 23.1. The Hall–Kier alpha value is -2.54. The lowest BCUT2D eigenvalue weighted by Crippen LogP contribution is -2.09. The molecule has 0 spiro atoms. The number of benzene rings is 2. The Bertz CT molecular complexity index is 868. The molecule has 0 fully saturated rings. The maximum absolute atomic E-state index is 2.32. The SMILES string of the molecule is CCCCCCCCc1ccc(N(C)c2ccc(/C=C/C3=CCC(C)C=C3)cc2)cc1. The van der Waals surface area contributed by atoms with Gasteiger partial charge in [0.15, 0.2) is 0 Å². The van der Waals surface area contributed by atoms with Crippen LogP contribution in [0.15, 0.2) is 78.4 Å². The first-order chi connectivity index (χ1) is 15.2. The third kappa shape index (κ3) is 7.58. The Kier molecular flexibility index (Phi) is 9.21. The van der Waals surface area contributed by atoms with E-state index in [1.807, 2.05) is 0 Å². The van der Waals surface area contributed by atoms with E-state index in [1.54, 1.807) is 0 Å². The molecule has 0 saturated heterocycles. The summed E-state index contributed by atoms with van der Waals surface area (Å²) in [6, 6.07) is 17.9. The van der Waals surface area contributed by atoms with Gasteiger partial charge in [0, 0.05) is 18.4 Å². The van der Waals surface area contributed by atoms with Crippen molar-refractivity contribution in [1.82, 2.24) is 0 Å². The smallest absolute Gasteiger partial charge is 0.0408 e. The zero-order valence-corrected chi connectivity index (χ0v) is 19.7. The van der Waals surface area contributed by atoms with Gasteiger partial charge in [-0.2, -0.15) is 0 Å². The van der Waals surface area contributed by atoms with Crippen LogP contribution in [0.4, 0.5) is 11.4 Å². The minimum Gasteiger partial charge on any atom is -0.345 e. The lowest BCUT2D eigenvalue weighted by atomic mass is 9.98. The fourth-order valence-corrected chi connectivity index (χ4v) is 4.01. The highest BCUT2D eigenvalue weighted by molar-refractivity contribution is 5.65. The third-order valence-electron chi connectivity index (χ3n) is 6.23. The van der Waals surface area contributed by atoms with E-state index in [9.17, 15) is 0 Å². The largest absolute Gasteiger partial charge is 0.345 e. The fourth-order valence-electron chi connectivity index (χ4n) is 4.01. The summed E-state index contributed by atoms with van der Waals surface area (Å²) in [6.45, 7) is 4.53. The molecule has 1 nitrogen and oxygen atoms in total. The van der Waals surface area contributed by atoms with Crippen molar-refractivity contribution >= 4 is 17.5 Å². The molecule has 2 aromatic rings. The van der Waals surface area contributed by atoms with E-state index >= 15 is 0 Å². The van der Waals surface area contributed by atoms with Crippen LogP contribution < -0.4 is 4.90 Å². The fraction of sp³-hybridized carbons (Fsp3) is 0.400. The summed E-state index contributed by atoms with van der Waals surface area (Å²) in [4.78, 5) is 2.26. The number of anilines is 2. The number of hydrogen-bond acceptors (Lipinski definition) is 1. The van der Waals surface area contributed by atoms with Crippen molar-refractivity contribution in [3.63, 3.8) is 0 Å². The van der Waals surface area contributed by atoms with Crippen LogP contribution in [0.3, 0.4) is 0 Å². The summed E-state index contributed by atoms with van der Waals surface area (Å²) in [7, 11) is 2.15. The number of nitrogens with zero attached hydrogens (tertiary/aromatic N) is 1. The molecule has 0 bridgehead atoms. The van der Waals surface area contributed by atoms with E-state index in [0.717, 1.165) is 6.42 Å². The normalized spacial score (nSPS) is 16.0. The van der Waals surface area contributed by atoms with Crippen molar-refractivity contribution in [2.24, 2.45) is 5.92 Å². The molecule has 0 heterocycles. The van der Waals surface area contributed by atoms with Crippen LogP contribution >= 0.6 is 0 Å². The maximum atomic E-state index is 2.32. The van der Waals surface area contributed by atoms with Crippen molar-refractivity contribution in [3.8, 4) is 0 Å². The molecule has 1 aliphatic rings. The monoisotopic (exact) mass is 413 g/mol. The van der Waals surface area contributed by atoms with Gasteiger partial charge in [-0.3, -0.25) is 0 Å². The molecule has 1 aliphatic carbocycles. The van der Waals surface area contributed by atoms with Crippen LogP contribution in [0, 0.1) is 5.92 Å². The van der Waals surface area contributed by atoms with Crippen LogP contribution in [0.25, 0.3) is 6.08 Å². The summed E-state index contributed by atoms with van der Waals surface area (Å²) in [5.41, 5.74) is 6.45. The van der Waals surface area contributed by atoms with Gasteiger partial charge in [0.25, 0.3) is 0 Å². The van der Waals surface area contributed by atoms with Gasteiger partial charge in [0.1, 0.15) is 0 Å². The molecule has 0 saturated carbocycles. The standard InChI is InChI=1S/C30H39N/c1-4-5-6-7-8-9-10-26-17-21-29(22-18-26)31(3)30-23-19-28(20-24-30)16-15-27-13-11-25(2)12-14-27/h11,13-25H,4-10,12H2,1-3H3/b16-15+. The number of aryl methyl sites for hydroxylation is 1. The molecule has 164 valence electrons. The number of hydrogen-bond donors (Lipinski definition) is 0. The molecular formula is C30H39N. The van der Waals surface area contributed by atoms with E-state index in [4.69, 9.17) is 0 Å². The molecule has 0 amide bonds. The minimum absolute atomic E-state index is 0.664. The van der Waals surface area contributed by atoms with Gasteiger partial charge >= 0.3 is 0 Å². The molecule has 1 atom stereocenters. The van der Waals surface area contributed by atoms with E-state index in [2.05, 4.69) is 105 Å². The second-order valence-electron chi connectivity index (χ2n) is 8.94. The van der Waals surface area contributed by atoms with Crippen LogP contribution in [-0.2, 0) is 6.42 Å². The van der Waals surface area contributed by atoms with Gasteiger partial charge in [-0.25, -0.2) is 0 Å². The quantitative estimate of drug-likeness (QED) is 0.332. The lowest BCUT2D eigenvalue weighted by molar-refractivity contribution is 0.607. The second-order valence-corrected chi connectivity index (χ2v) is 8.94. The Balaban J connectivity index is 1.50. The van der Waals surface area contributed by atoms with Crippen LogP contribution in [-0.4, -0.2) is 7.05 Å². The summed E-state index contributed by atoms with van der Waals surface area (Å²) in [5.74, 6) is 0.664. The van der Waals surface area contributed by atoms with Crippen molar-refractivity contribution in [3.05, 3.63) is 89.5 Å². The van der Waals surface area contributed by atoms with Gasteiger partial charge in [-0.05, 0) is 66.1 Å². The summed E-state index contributed by atoms with van der Waals surface area (Å²) in [6.07, 6.45) is 21.7. The molecule has 0 radical (unpaired) electrons. The summed E-state index contributed by atoms with van der Waals surface area (Å²) < 4.78 is 0. The lowest BCUT2D eigenvalue weighted by Gasteiger charge is -2.20. The Morgan fingerprint density at radius 2 is 1.48 bits per heavy atom. The third-order valence-corrected chi connectivity index (χ3v) is 6.23. The minimum atomic E-state index is 0.664. The van der Waals surface area contributed by atoms with Crippen LogP contribution in [0.1, 0.15) is 69.9 Å². The number of allylic oxidation sites excluding steroid dienone is 5. The number of unbranched alkanes of at least 4 members (excludes halogenated alkanes) is 5. The Morgan fingerprint density at radius 1 is 0.839 bits per heavy atom. The Labute approximate surface area is 190 Å². The predicted molar refractivity (Wildman–Crippen MR) is 138 cm³/mol. The van der Waals surface area contributed by atoms with Crippen molar-refractivity contribution in [2.75, 3.05) is 11.9 Å². The molecule has 31 heavy (non-hydrogen) atoms. The van der Waals surface area contributed by atoms with E-state index in [-0.39, 0.29) is 0 Å². The topological polar surface area (TPSA) is 3.24 Å². The highest BCUT2D eigenvalue weighted by atomic mass is 15.1. The first-order valence-electron chi connectivity index (χ1n) is 12.1. The average Bonchev–Trinajstić information content (AvgIpc) is 2.81. The van der Waals surface area contributed by atoms with Gasteiger partial charge in [-0.1, -0.05) is 101 Å². The highest BCUT2D eigenvalue weighted by Crippen LogP contribution is 2.25. The second kappa shape index (κ2) is 12.3. The molecule has 0 aromatic heterocycles. The molecule has 0 aliphatic heterocycles. The van der Waals surface area contributed by atoms with Crippen molar-refractivity contribution < 1.29 is 0 Å². The highest BCUT2D eigenvalue weighted by Gasteiger charge is 2.05. The predicted octanol–water partition coefficient (Wildman–Crippen LogP) is 8.89. The average molecular weight is 414 g/mol. The maximum Gasteiger partial charge on any atom is 0.0408 e. The van der Waals surface area contributed by atoms with Crippen LogP contribution in [0.5, 0.6) is 0 Å². The van der Waals surface area contributed by atoms with E-state index in [1.165, 1.54) is 73.0 Å². The summed E-state index contributed by atoms with van der Waals surface area (Å²) >= 11 is 0. The number of rotatable bonds is 11. The molecule has 1 heteroatoms. The van der Waals surface area contributed by atoms with E-state index in [0.29, 0.717) is 5.92 Å². The van der Waals surface area contributed by atoms with Crippen molar-refractivity contribution in [1.29, 1.82) is 0 Å². The van der Waals surface area contributed by atoms with E-state index < -0.39 is 0 Å². The van der Waals surface area contributed by atoms with Gasteiger partial charge in [0.2, 0.25) is 0 Å². The molecule has 0 N–H and O–H groups in total. The molecule has 1 unspecified atom stereocenters. The molecule has 2 aromatic carbocycles. The van der Waals surface area contributed by atoms with Gasteiger partial charge in [0.05, 0.1) is 0 Å². The summed E-state index contributed by atoms with van der Waals surface area (Å²) in [5, 5.41) is 0. The van der Waals surface area contributed by atoms with Gasteiger partial charge < -0.3 is 4.90 Å². The molecule has 3 rings (SSSR count). The first-order valence-corrected chi connectivity index (χ1v) is 12.1. The molecular weight excluding hydrogens is 374 g/mol.